The maximum absolute atomic E-state index is 10.8. The number of aryl methyl sites for hydroxylation is 1. The Balaban J connectivity index is 2.53. The Labute approximate surface area is 104 Å². The number of ketones is 1. The molecule has 0 aliphatic carbocycles. The molecular weight excluding hydrogens is 210 g/mol. The van der Waals surface area contributed by atoms with Gasteiger partial charge in [-0.2, -0.15) is 0 Å². The molecule has 1 aromatic carbocycles. The normalized spacial score (nSPS) is 11.5. The molecule has 2 nitrogen and oxygen atoms in total. The quantitative estimate of drug-likeness (QED) is 0.765. The lowest BCUT2D eigenvalue weighted by Crippen LogP contribution is -2.34. The molecule has 94 valence electrons. The van der Waals surface area contributed by atoms with Crippen LogP contribution in [0.2, 0.25) is 0 Å². The molecule has 0 fully saturated rings. The van der Waals surface area contributed by atoms with Gasteiger partial charge in [0.2, 0.25) is 0 Å². The number of rotatable bonds is 6. The van der Waals surface area contributed by atoms with E-state index in [9.17, 15) is 4.79 Å². The molecule has 17 heavy (non-hydrogen) atoms. The van der Waals surface area contributed by atoms with Gasteiger partial charge in [-0.05, 0) is 19.4 Å². The van der Waals surface area contributed by atoms with Gasteiger partial charge in [0.15, 0.2) is 0 Å². The second kappa shape index (κ2) is 5.97. The fourth-order valence-electron chi connectivity index (χ4n) is 1.83. The molecule has 0 saturated carbocycles. The zero-order valence-electron chi connectivity index (χ0n) is 11.3. The van der Waals surface area contributed by atoms with Crippen molar-refractivity contribution in [1.29, 1.82) is 0 Å². The Morgan fingerprint density at radius 3 is 2.65 bits per heavy atom. The fraction of sp³-hybridized carbons (Fsp3) is 0.533. The van der Waals surface area contributed by atoms with Crippen LogP contribution in [0.3, 0.4) is 0 Å². The average Bonchev–Trinajstić information content (AvgIpc) is 2.24. The van der Waals surface area contributed by atoms with Crippen LogP contribution < -0.4 is 5.32 Å². The minimum Gasteiger partial charge on any atom is -0.315 e. The van der Waals surface area contributed by atoms with Crippen molar-refractivity contribution in [3.63, 3.8) is 0 Å². The van der Waals surface area contributed by atoms with Gasteiger partial charge in [0.1, 0.15) is 5.78 Å². The van der Waals surface area contributed by atoms with Crippen LogP contribution in [0.25, 0.3) is 0 Å². The summed E-state index contributed by atoms with van der Waals surface area (Å²) in [7, 11) is 0. The second-order valence-corrected chi connectivity index (χ2v) is 5.38. The highest BCUT2D eigenvalue weighted by molar-refractivity contribution is 5.75. The monoisotopic (exact) mass is 233 g/mol. The van der Waals surface area contributed by atoms with Crippen molar-refractivity contribution in [2.75, 3.05) is 13.1 Å². The molecule has 1 N–H and O–H groups in total. The molecule has 0 aromatic heterocycles. The van der Waals surface area contributed by atoms with E-state index in [4.69, 9.17) is 0 Å². The highest BCUT2D eigenvalue weighted by atomic mass is 16.1. The summed E-state index contributed by atoms with van der Waals surface area (Å²) in [6, 6.07) is 8.61. The van der Waals surface area contributed by atoms with E-state index < -0.39 is 0 Å². The Morgan fingerprint density at radius 1 is 1.35 bits per heavy atom. The van der Waals surface area contributed by atoms with Crippen molar-refractivity contribution in [2.45, 2.75) is 39.5 Å². The molecule has 0 spiro atoms. The van der Waals surface area contributed by atoms with E-state index in [0.717, 1.165) is 13.1 Å². The van der Waals surface area contributed by atoms with Gasteiger partial charge >= 0.3 is 0 Å². The van der Waals surface area contributed by atoms with Gasteiger partial charge in [-0.1, -0.05) is 43.7 Å². The molecule has 0 saturated heterocycles. The summed E-state index contributed by atoms with van der Waals surface area (Å²) in [6.45, 7) is 9.86. The van der Waals surface area contributed by atoms with Crippen molar-refractivity contribution in [1.82, 2.24) is 5.32 Å². The average molecular weight is 233 g/mol. The summed E-state index contributed by atoms with van der Waals surface area (Å²) in [5.41, 5.74) is 2.73. The van der Waals surface area contributed by atoms with E-state index in [1.165, 1.54) is 11.1 Å². The molecule has 0 bridgehead atoms. The topological polar surface area (TPSA) is 29.1 Å². The smallest absolute Gasteiger partial charge is 0.131 e. The molecule has 0 radical (unpaired) electrons. The van der Waals surface area contributed by atoms with Crippen molar-refractivity contribution in [3.8, 4) is 0 Å². The predicted octanol–water partition coefficient (Wildman–Crippen LogP) is 2.84. The van der Waals surface area contributed by atoms with Gasteiger partial charge in [0, 0.05) is 24.9 Å². The van der Waals surface area contributed by atoms with Crippen LogP contribution in [0.5, 0.6) is 0 Å². The first-order chi connectivity index (χ1) is 7.92. The van der Waals surface area contributed by atoms with Crippen molar-refractivity contribution in [3.05, 3.63) is 35.4 Å². The third kappa shape index (κ3) is 4.70. The second-order valence-electron chi connectivity index (χ2n) is 5.38. The van der Waals surface area contributed by atoms with E-state index in [2.05, 4.69) is 50.4 Å². The Morgan fingerprint density at radius 2 is 2.06 bits per heavy atom. The van der Waals surface area contributed by atoms with Crippen molar-refractivity contribution < 1.29 is 4.79 Å². The van der Waals surface area contributed by atoms with E-state index in [-0.39, 0.29) is 11.2 Å². The summed E-state index contributed by atoms with van der Waals surface area (Å²) in [5, 5.41) is 3.35. The number of hydrogen-bond donors (Lipinski definition) is 1. The van der Waals surface area contributed by atoms with Crippen LogP contribution in [-0.2, 0) is 10.2 Å². The standard InChI is InChI=1S/C15H23NO/c1-12-6-5-7-14(10-12)15(3,4)11-16-9-8-13(2)17/h5-7,10,16H,8-9,11H2,1-4H3. The summed E-state index contributed by atoms with van der Waals surface area (Å²) in [6.07, 6.45) is 0.615. The van der Waals surface area contributed by atoms with Crippen LogP contribution >= 0.6 is 0 Å². The molecule has 0 aliphatic heterocycles. The fourth-order valence-corrected chi connectivity index (χ4v) is 1.83. The number of Topliss-reactive ketones (excluding diaryl/α,β-unsaturated/α-hetero) is 1. The van der Waals surface area contributed by atoms with E-state index in [1.807, 2.05) is 0 Å². The molecule has 2 heteroatoms. The number of nitrogens with one attached hydrogen (secondary N) is 1. The number of benzene rings is 1. The molecule has 1 rings (SSSR count). The van der Waals surface area contributed by atoms with Crippen LogP contribution in [-0.4, -0.2) is 18.9 Å². The van der Waals surface area contributed by atoms with E-state index >= 15 is 0 Å². The highest BCUT2D eigenvalue weighted by Crippen LogP contribution is 2.22. The molecule has 0 atom stereocenters. The molecular formula is C15H23NO. The molecule has 0 unspecified atom stereocenters. The van der Waals surface area contributed by atoms with Crippen molar-refractivity contribution in [2.24, 2.45) is 0 Å². The summed E-state index contributed by atoms with van der Waals surface area (Å²) >= 11 is 0. The van der Waals surface area contributed by atoms with Gasteiger partial charge in [-0.25, -0.2) is 0 Å². The molecule has 0 heterocycles. The van der Waals surface area contributed by atoms with E-state index in [1.54, 1.807) is 6.92 Å². The van der Waals surface area contributed by atoms with Crippen LogP contribution in [0.1, 0.15) is 38.3 Å². The third-order valence-corrected chi connectivity index (χ3v) is 3.02. The van der Waals surface area contributed by atoms with Gasteiger partial charge in [-0.15, -0.1) is 0 Å². The zero-order valence-corrected chi connectivity index (χ0v) is 11.3. The molecule has 1 aromatic rings. The number of carbonyl (C=O) groups excluding carboxylic acids is 1. The first-order valence-electron chi connectivity index (χ1n) is 6.19. The Hall–Kier alpha value is -1.15. The first-order valence-corrected chi connectivity index (χ1v) is 6.19. The lowest BCUT2D eigenvalue weighted by atomic mass is 9.84. The van der Waals surface area contributed by atoms with Gasteiger partial charge < -0.3 is 5.32 Å². The third-order valence-electron chi connectivity index (χ3n) is 3.02. The lowest BCUT2D eigenvalue weighted by molar-refractivity contribution is -0.116. The zero-order chi connectivity index (χ0) is 12.9. The Kier molecular flexibility index (Phi) is 4.88. The van der Waals surface area contributed by atoms with Gasteiger partial charge in [0.05, 0.1) is 0 Å². The first kappa shape index (κ1) is 13.9. The minimum absolute atomic E-state index is 0.100. The summed E-state index contributed by atoms with van der Waals surface area (Å²) < 4.78 is 0. The molecule has 0 amide bonds. The highest BCUT2D eigenvalue weighted by Gasteiger charge is 2.19. The summed E-state index contributed by atoms with van der Waals surface area (Å²) in [4.78, 5) is 10.8. The van der Waals surface area contributed by atoms with Crippen LogP contribution in [0.15, 0.2) is 24.3 Å². The van der Waals surface area contributed by atoms with Gasteiger partial charge in [-0.3, -0.25) is 4.79 Å². The van der Waals surface area contributed by atoms with Crippen molar-refractivity contribution >= 4 is 5.78 Å². The lowest BCUT2D eigenvalue weighted by Gasteiger charge is -2.26. The largest absolute Gasteiger partial charge is 0.315 e. The summed E-state index contributed by atoms with van der Waals surface area (Å²) in [5.74, 6) is 0.242. The SMILES string of the molecule is CC(=O)CCNCC(C)(C)c1cccc(C)c1. The maximum Gasteiger partial charge on any atom is 0.131 e. The van der Waals surface area contributed by atoms with Crippen LogP contribution in [0.4, 0.5) is 0 Å². The minimum atomic E-state index is 0.100. The number of carbonyl (C=O) groups is 1. The molecule has 0 aliphatic rings. The maximum atomic E-state index is 10.8. The Bertz CT molecular complexity index is 382. The predicted molar refractivity (Wildman–Crippen MR) is 72.4 cm³/mol. The van der Waals surface area contributed by atoms with Crippen LogP contribution in [0, 0.1) is 6.92 Å². The van der Waals surface area contributed by atoms with Gasteiger partial charge in [0.25, 0.3) is 0 Å². The van der Waals surface area contributed by atoms with E-state index in [0.29, 0.717) is 6.42 Å². The number of hydrogen-bond acceptors (Lipinski definition) is 2.